The van der Waals surface area contributed by atoms with E-state index in [9.17, 15) is 4.79 Å². The van der Waals surface area contributed by atoms with Crippen LogP contribution in [0.1, 0.15) is 13.3 Å². The summed E-state index contributed by atoms with van der Waals surface area (Å²) in [7, 11) is 0. The Labute approximate surface area is 113 Å². The lowest BCUT2D eigenvalue weighted by Crippen LogP contribution is -2.39. The molecule has 2 unspecified atom stereocenters. The molecule has 0 bridgehead atoms. The molecule has 0 spiro atoms. The van der Waals surface area contributed by atoms with Crippen molar-refractivity contribution in [3.8, 4) is 0 Å². The lowest BCUT2D eigenvalue weighted by atomic mass is 10.0. The van der Waals surface area contributed by atoms with Crippen LogP contribution in [-0.4, -0.2) is 23.5 Å². The minimum atomic E-state index is -0.121. The molecule has 1 aromatic rings. The minimum absolute atomic E-state index is 0.0222. The first-order valence-corrected chi connectivity index (χ1v) is 6.60. The largest absolute Gasteiger partial charge is 0.323 e. The summed E-state index contributed by atoms with van der Waals surface area (Å²) in [5.74, 6) is 0.338. The van der Waals surface area contributed by atoms with Gasteiger partial charge in [0.25, 0.3) is 0 Å². The second kappa shape index (κ2) is 5.33. The number of aromatic nitrogens is 1. The first kappa shape index (κ1) is 12.8. The lowest BCUT2D eigenvalue weighted by Gasteiger charge is -2.15. The van der Waals surface area contributed by atoms with Crippen LogP contribution in [0.4, 0.5) is 5.69 Å². The number of amides is 1. The van der Waals surface area contributed by atoms with Crippen LogP contribution >= 0.6 is 27.5 Å². The van der Waals surface area contributed by atoms with Crippen molar-refractivity contribution in [2.24, 2.45) is 5.92 Å². The van der Waals surface area contributed by atoms with Gasteiger partial charge in [0.15, 0.2) is 0 Å². The van der Waals surface area contributed by atoms with Crippen molar-refractivity contribution in [3.05, 3.63) is 21.9 Å². The van der Waals surface area contributed by atoms with Crippen LogP contribution in [0.5, 0.6) is 0 Å². The van der Waals surface area contributed by atoms with Gasteiger partial charge in [0.2, 0.25) is 5.91 Å². The van der Waals surface area contributed by atoms with Crippen molar-refractivity contribution in [2.75, 3.05) is 11.9 Å². The molecule has 2 rings (SSSR count). The van der Waals surface area contributed by atoms with Crippen molar-refractivity contribution in [1.82, 2.24) is 10.3 Å². The first-order valence-electron chi connectivity index (χ1n) is 5.43. The highest BCUT2D eigenvalue weighted by atomic mass is 79.9. The smallest absolute Gasteiger partial charge is 0.241 e. The fourth-order valence-electron chi connectivity index (χ4n) is 1.90. The molecule has 2 atom stereocenters. The van der Waals surface area contributed by atoms with Gasteiger partial charge < -0.3 is 10.6 Å². The molecular formula is C11H13BrClN3O. The van der Waals surface area contributed by atoms with E-state index in [0.717, 1.165) is 13.0 Å². The Hall–Kier alpha value is -0.650. The lowest BCUT2D eigenvalue weighted by molar-refractivity contribution is -0.118. The fraction of sp³-hybridized carbons (Fsp3) is 0.455. The molecule has 1 amide bonds. The van der Waals surface area contributed by atoms with Gasteiger partial charge in [-0.15, -0.1) is 0 Å². The van der Waals surface area contributed by atoms with E-state index in [4.69, 9.17) is 11.6 Å². The quantitative estimate of drug-likeness (QED) is 0.824. The Morgan fingerprint density at radius 2 is 2.47 bits per heavy atom. The topological polar surface area (TPSA) is 54.0 Å². The molecule has 1 aliphatic rings. The maximum absolute atomic E-state index is 12.0. The molecule has 1 fully saturated rings. The highest BCUT2D eigenvalue weighted by molar-refractivity contribution is 9.10. The average Bonchev–Trinajstić information content (AvgIpc) is 2.70. The van der Waals surface area contributed by atoms with Crippen molar-refractivity contribution < 1.29 is 4.79 Å². The van der Waals surface area contributed by atoms with E-state index in [0.29, 0.717) is 21.2 Å². The second-order valence-electron chi connectivity index (χ2n) is 4.18. The van der Waals surface area contributed by atoms with E-state index in [2.05, 4.69) is 38.5 Å². The molecule has 92 valence electrons. The number of pyridine rings is 1. The zero-order valence-corrected chi connectivity index (χ0v) is 11.7. The number of rotatable bonds is 2. The number of nitrogens with zero attached hydrogens (tertiary/aromatic N) is 1. The van der Waals surface area contributed by atoms with Crippen LogP contribution in [0.3, 0.4) is 0 Å². The third-order valence-electron chi connectivity index (χ3n) is 2.88. The van der Waals surface area contributed by atoms with E-state index in [1.807, 2.05) is 0 Å². The number of anilines is 1. The van der Waals surface area contributed by atoms with Gasteiger partial charge in [0.05, 0.1) is 22.4 Å². The number of hydrogen-bond donors (Lipinski definition) is 2. The Morgan fingerprint density at radius 3 is 3.06 bits per heavy atom. The highest BCUT2D eigenvalue weighted by Crippen LogP contribution is 2.23. The van der Waals surface area contributed by atoms with Crippen molar-refractivity contribution in [1.29, 1.82) is 0 Å². The maximum Gasteiger partial charge on any atom is 0.241 e. The summed E-state index contributed by atoms with van der Waals surface area (Å²) >= 11 is 9.05. The molecule has 2 N–H and O–H groups in total. The number of hydrogen-bond acceptors (Lipinski definition) is 3. The number of halogens is 2. The number of carbonyl (C=O) groups is 1. The van der Waals surface area contributed by atoms with Crippen molar-refractivity contribution in [3.63, 3.8) is 0 Å². The zero-order valence-electron chi connectivity index (χ0n) is 9.34. The van der Waals surface area contributed by atoms with Crippen LogP contribution in [0.25, 0.3) is 0 Å². The molecule has 4 nitrogen and oxygen atoms in total. The molecule has 1 aliphatic heterocycles. The monoisotopic (exact) mass is 317 g/mol. The summed E-state index contributed by atoms with van der Waals surface area (Å²) in [6.45, 7) is 2.96. The summed E-state index contributed by atoms with van der Waals surface area (Å²) in [5, 5.41) is 6.40. The Kier molecular flexibility index (Phi) is 4.01. The summed E-state index contributed by atoms with van der Waals surface area (Å²) in [6.07, 6.45) is 2.57. The van der Waals surface area contributed by atoms with E-state index < -0.39 is 0 Å². The van der Waals surface area contributed by atoms with Gasteiger partial charge in [-0.25, -0.2) is 4.98 Å². The van der Waals surface area contributed by atoms with Crippen LogP contribution in [-0.2, 0) is 4.79 Å². The second-order valence-corrected chi connectivity index (χ2v) is 5.40. The molecule has 0 radical (unpaired) electrons. The Bertz CT molecular complexity index is 441. The third-order valence-corrected chi connectivity index (χ3v) is 4.01. The summed E-state index contributed by atoms with van der Waals surface area (Å²) in [5.41, 5.74) is 0.646. The Morgan fingerprint density at radius 1 is 1.71 bits per heavy atom. The van der Waals surface area contributed by atoms with Gasteiger partial charge in [-0.2, -0.15) is 0 Å². The van der Waals surface area contributed by atoms with Gasteiger partial charge in [-0.05, 0) is 40.9 Å². The standard InChI is InChI=1S/C11H13BrClN3O/c1-6-2-3-14-9(6)11(17)16-7-4-8(12)10(13)15-5-7/h4-6,9,14H,2-3H2,1H3,(H,16,17). The van der Waals surface area contributed by atoms with Crippen LogP contribution < -0.4 is 10.6 Å². The van der Waals surface area contributed by atoms with Crippen LogP contribution in [0.2, 0.25) is 5.15 Å². The molecule has 0 saturated carbocycles. The van der Waals surface area contributed by atoms with E-state index in [1.165, 1.54) is 0 Å². The first-order chi connectivity index (χ1) is 8.08. The SMILES string of the molecule is CC1CCNC1C(=O)Nc1cnc(Cl)c(Br)c1. The number of nitrogens with one attached hydrogen (secondary N) is 2. The van der Waals surface area contributed by atoms with Crippen LogP contribution in [0, 0.1) is 5.92 Å². The fourth-order valence-corrected chi connectivity index (χ4v) is 2.35. The summed E-state index contributed by atoms with van der Waals surface area (Å²) < 4.78 is 0.671. The average molecular weight is 319 g/mol. The minimum Gasteiger partial charge on any atom is -0.323 e. The van der Waals surface area contributed by atoms with Gasteiger partial charge >= 0.3 is 0 Å². The molecular weight excluding hydrogens is 305 g/mol. The zero-order chi connectivity index (χ0) is 12.4. The third kappa shape index (κ3) is 2.97. The summed E-state index contributed by atoms with van der Waals surface area (Å²) in [4.78, 5) is 15.9. The molecule has 1 saturated heterocycles. The highest BCUT2D eigenvalue weighted by Gasteiger charge is 2.29. The van der Waals surface area contributed by atoms with Gasteiger partial charge in [0, 0.05) is 0 Å². The molecule has 2 heterocycles. The number of carbonyl (C=O) groups excluding carboxylic acids is 1. The van der Waals surface area contributed by atoms with E-state index in [-0.39, 0.29) is 11.9 Å². The normalized spacial score (nSPS) is 23.7. The molecule has 0 aliphatic carbocycles. The van der Waals surface area contributed by atoms with Crippen LogP contribution in [0.15, 0.2) is 16.7 Å². The van der Waals surface area contributed by atoms with Crippen molar-refractivity contribution >= 4 is 39.1 Å². The van der Waals surface area contributed by atoms with Gasteiger partial charge in [-0.3, -0.25) is 4.79 Å². The van der Waals surface area contributed by atoms with E-state index >= 15 is 0 Å². The molecule has 17 heavy (non-hydrogen) atoms. The van der Waals surface area contributed by atoms with Gasteiger partial charge in [-0.1, -0.05) is 18.5 Å². The Balaban J connectivity index is 2.05. The molecule has 0 aromatic carbocycles. The van der Waals surface area contributed by atoms with Crippen molar-refractivity contribution in [2.45, 2.75) is 19.4 Å². The predicted molar refractivity (Wildman–Crippen MR) is 71.1 cm³/mol. The molecule has 1 aromatic heterocycles. The van der Waals surface area contributed by atoms with E-state index in [1.54, 1.807) is 12.3 Å². The predicted octanol–water partition coefficient (Wildman–Crippen LogP) is 2.43. The summed E-state index contributed by atoms with van der Waals surface area (Å²) in [6, 6.07) is 1.62. The van der Waals surface area contributed by atoms with Gasteiger partial charge in [0.1, 0.15) is 5.15 Å². The molecule has 6 heteroatoms. The maximum atomic E-state index is 12.0.